The zero-order valence-corrected chi connectivity index (χ0v) is 16.7. The van der Waals surface area contributed by atoms with E-state index >= 15 is 0 Å². The van der Waals surface area contributed by atoms with Crippen molar-refractivity contribution in [1.82, 2.24) is 10.2 Å². The SMILES string of the molecule is COc1cc(C(C)NCC2CN(CCc3ccc(F)cc3)C(=O)CO2)ccc1F. The Balaban J connectivity index is 1.50. The number of ether oxygens (including phenoxy) is 2. The Morgan fingerprint density at radius 2 is 2.00 bits per heavy atom. The van der Waals surface area contributed by atoms with Crippen molar-refractivity contribution in [2.45, 2.75) is 25.5 Å². The minimum absolute atomic E-state index is 0.0293. The number of morpholine rings is 1. The smallest absolute Gasteiger partial charge is 0.248 e. The molecule has 0 bridgehead atoms. The first kappa shape index (κ1) is 21.2. The summed E-state index contributed by atoms with van der Waals surface area (Å²) in [6, 6.07) is 11.1. The van der Waals surface area contributed by atoms with Crippen LogP contribution in [0.1, 0.15) is 24.1 Å². The number of carbonyl (C=O) groups excluding carboxylic acids is 1. The van der Waals surface area contributed by atoms with E-state index in [-0.39, 0.29) is 36.2 Å². The highest BCUT2D eigenvalue weighted by Crippen LogP contribution is 2.22. The van der Waals surface area contributed by atoms with Crippen molar-refractivity contribution in [2.75, 3.05) is 33.4 Å². The zero-order chi connectivity index (χ0) is 20.8. The molecular weight excluding hydrogens is 378 g/mol. The molecule has 156 valence electrons. The van der Waals surface area contributed by atoms with Crippen LogP contribution in [0.25, 0.3) is 0 Å². The van der Waals surface area contributed by atoms with Gasteiger partial charge in [-0.1, -0.05) is 18.2 Å². The fraction of sp³-hybridized carbons (Fsp3) is 0.409. The summed E-state index contributed by atoms with van der Waals surface area (Å²) in [6.45, 7) is 3.64. The lowest BCUT2D eigenvalue weighted by molar-refractivity contribution is -0.148. The molecule has 2 aromatic carbocycles. The van der Waals surface area contributed by atoms with Gasteiger partial charge in [-0.25, -0.2) is 8.78 Å². The van der Waals surface area contributed by atoms with Crippen LogP contribution >= 0.6 is 0 Å². The summed E-state index contributed by atoms with van der Waals surface area (Å²) in [7, 11) is 1.44. The van der Waals surface area contributed by atoms with E-state index in [2.05, 4.69) is 5.32 Å². The van der Waals surface area contributed by atoms with Crippen molar-refractivity contribution < 1.29 is 23.0 Å². The number of methoxy groups -OCH3 is 1. The molecule has 1 amide bonds. The standard InChI is InChI=1S/C22H26F2N2O3/c1-15(17-5-8-20(24)21(11-17)28-2)25-12-19-13-26(22(27)14-29-19)10-9-16-3-6-18(23)7-4-16/h3-8,11,15,19,25H,9-10,12-14H2,1-2H3. The molecule has 1 fully saturated rings. The Morgan fingerprint density at radius 1 is 1.24 bits per heavy atom. The van der Waals surface area contributed by atoms with Crippen molar-refractivity contribution in [1.29, 1.82) is 0 Å². The maximum absolute atomic E-state index is 13.6. The van der Waals surface area contributed by atoms with Gasteiger partial charge in [-0.05, 0) is 48.7 Å². The third-order valence-electron chi connectivity index (χ3n) is 5.13. The fourth-order valence-electron chi connectivity index (χ4n) is 3.31. The molecule has 2 atom stereocenters. The average Bonchev–Trinajstić information content (AvgIpc) is 2.73. The van der Waals surface area contributed by atoms with Crippen LogP contribution in [0.4, 0.5) is 8.78 Å². The summed E-state index contributed by atoms with van der Waals surface area (Å²) < 4.78 is 37.3. The highest BCUT2D eigenvalue weighted by atomic mass is 19.1. The van der Waals surface area contributed by atoms with Gasteiger partial charge in [-0.2, -0.15) is 0 Å². The monoisotopic (exact) mass is 404 g/mol. The van der Waals surface area contributed by atoms with E-state index in [0.717, 1.165) is 11.1 Å². The molecule has 1 aliphatic heterocycles. The van der Waals surface area contributed by atoms with Gasteiger partial charge in [0, 0.05) is 25.7 Å². The maximum atomic E-state index is 13.6. The summed E-state index contributed by atoms with van der Waals surface area (Å²) in [5, 5.41) is 3.37. The van der Waals surface area contributed by atoms with Crippen LogP contribution in [0, 0.1) is 11.6 Å². The Kier molecular flexibility index (Phi) is 7.17. The lowest BCUT2D eigenvalue weighted by atomic mass is 10.1. The molecular formula is C22H26F2N2O3. The predicted molar refractivity (Wildman–Crippen MR) is 106 cm³/mol. The number of amides is 1. The van der Waals surface area contributed by atoms with Gasteiger partial charge < -0.3 is 19.7 Å². The maximum Gasteiger partial charge on any atom is 0.248 e. The molecule has 1 saturated heterocycles. The topological polar surface area (TPSA) is 50.8 Å². The lowest BCUT2D eigenvalue weighted by Crippen LogP contribution is -2.50. The Hall–Kier alpha value is -2.51. The van der Waals surface area contributed by atoms with Crippen LogP contribution in [0.15, 0.2) is 42.5 Å². The van der Waals surface area contributed by atoms with E-state index in [4.69, 9.17) is 9.47 Å². The second kappa shape index (κ2) is 9.80. The first-order chi connectivity index (χ1) is 14.0. The quantitative estimate of drug-likeness (QED) is 0.735. The number of benzene rings is 2. The molecule has 0 aromatic heterocycles. The molecule has 29 heavy (non-hydrogen) atoms. The Labute approximate surface area is 169 Å². The molecule has 0 aliphatic carbocycles. The second-order valence-corrected chi connectivity index (χ2v) is 7.17. The van der Waals surface area contributed by atoms with Crippen molar-refractivity contribution in [3.05, 3.63) is 65.2 Å². The fourth-order valence-corrected chi connectivity index (χ4v) is 3.31. The summed E-state index contributed by atoms with van der Waals surface area (Å²) in [5.41, 5.74) is 1.89. The van der Waals surface area contributed by atoms with Gasteiger partial charge in [-0.15, -0.1) is 0 Å². The van der Waals surface area contributed by atoms with Crippen LogP contribution in [-0.2, 0) is 16.0 Å². The van der Waals surface area contributed by atoms with Gasteiger partial charge in [0.2, 0.25) is 5.91 Å². The van der Waals surface area contributed by atoms with E-state index in [0.29, 0.717) is 26.1 Å². The van der Waals surface area contributed by atoms with Crippen molar-refractivity contribution in [3.8, 4) is 5.75 Å². The molecule has 0 saturated carbocycles. The molecule has 0 radical (unpaired) electrons. The third kappa shape index (κ3) is 5.74. The van der Waals surface area contributed by atoms with Gasteiger partial charge in [0.05, 0.1) is 13.2 Å². The summed E-state index contributed by atoms with van der Waals surface area (Å²) >= 11 is 0. The number of hydrogen-bond donors (Lipinski definition) is 1. The van der Waals surface area contributed by atoms with Crippen molar-refractivity contribution >= 4 is 5.91 Å². The lowest BCUT2D eigenvalue weighted by Gasteiger charge is -2.33. The molecule has 1 aliphatic rings. The normalized spacial score (nSPS) is 18.0. The Bertz CT molecular complexity index is 829. The minimum atomic E-state index is -0.394. The predicted octanol–water partition coefficient (Wildman–Crippen LogP) is 3.09. The first-order valence-corrected chi connectivity index (χ1v) is 9.67. The van der Waals surface area contributed by atoms with E-state index in [1.165, 1.54) is 25.3 Å². The number of halogens is 2. The van der Waals surface area contributed by atoms with Gasteiger partial charge in [0.1, 0.15) is 12.4 Å². The van der Waals surface area contributed by atoms with Gasteiger partial charge in [-0.3, -0.25) is 4.79 Å². The highest BCUT2D eigenvalue weighted by Gasteiger charge is 2.26. The third-order valence-corrected chi connectivity index (χ3v) is 5.13. The van der Waals surface area contributed by atoms with E-state index in [9.17, 15) is 13.6 Å². The molecule has 2 aromatic rings. The number of rotatable bonds is 8. The number of nitrogens with zero attached hydrogens (tertiary/aromatic N) is 1. The van der Waals surface area contributed by atoms with E-state index in [1.807, 2.05) is 6.92 Å². The summed E-state index contributed by atoms with van der Waals surface area (Å²) in [5.74, 6) is -0.494. The second-order valence-electron chi connectivity index (χ2n) is 7.17. The number of nitrogens with one attached hydrogen (secondary N) is 1. The van der Waals surface area contributed by atoms with Crippen LogP contribution < -0.4 is 10.1 Å². The number of hydrogen-bond acceptors (Lipinski definition) is 4. The van der Waals surface area contributed by atoms with Crippen LogP contribution in [0.3, 0.4) is 0 Å². The van der Waals surface area contributed by atoms with Crippen molar-refractivity contribution in [3.63, 3.8) is 0 Å². The molecule has 2 unspecified atom stereocenters. The van der Waals surface area contributed by atoms with Gasteiger partial charge in [0.25, 0.3) is 0 Å². The van der Waals surface area contributed by atoms with Crippen LogP contribution in [-0.4, -0.2) is 50.3 Å². The van der Waals surface area contributed by atoms with E-state index < -0.39 is 5.82 Å². The molecule has 7 heteroatoms. The zero-order valence-electron chi connectivity index (χ0n) is 16.7. The van der Waals surface area contributed by atoms with Crippen LogP contribution in [0.2, 0.25) is 0 Å². The van der Waals surface area contributed by atoms with Crippen LogP contribution in [0.5, 0.6) is 5.75 Å². The number of carbonyl (C=O) groups is 1. The Morgan fingerprint density at radius 3 is 2.72 bits per heavy atom. The molecule has 1 heterocycles. The first-order valence-electron chi connectivity index (χ1n) is 9.67. The van der Waals surface area contributed by atoms with Gasteiger partial charge in [0.15, 0.2) is 11.6 Å². The largest absolute Gasteiger partial charge is 0.494 e. The highest BCUT2D eigenvalue weighted by molar-refractivity contribution is 5.78. The van der Waals surface area contributed by atoms with Crippen molar-refractivity contribution in [2.24, 2.45) is 0 Å². The van der Waals surface area contributed by atoms with Gasteiger partial charge >= 0.3 is 0 Å². The average molecular weight is 404 g/mol. The molecule has 1 N–H and O–H groups in total. The summed E-state index contributed by atoms with van der Waals surface area (Å²) in [6.07, 6.45) is 0.531. The molecule has 5 nitrogen and oxygen atoms in total. The minimum Gasteiger partial charge on any atom is -0.494 e. The van der Waals surface area contributed by atoms with E-state index in [1.54, 1.807) is 29.2 Å². The molecule has 3 rings (SSSR count). The summed E-state index contributed by atoms with van der Waals surface area (Å²) in [4.78, 5) is 13.9. The molecule has 0 spiro atoms.